The Morgan fingerprint density at radius 3 is 2.65 bits per heavy atom. The topological polar surface area (TPSA) is 124 Å². The molecule has 6 rings (SSSR count). The summed E-state index contributed by atoms with van der Waals surface area (Å²) in [6.07, 6.45) is 3.71. The van der Waals surface area contributed by atoms with Gasteiger partial charge in [-0.3, -0.25) is 4.79 Å². The van der Waals surface area contributed by atoms with Gasteiger partial charge in [0.2, 0.25) is 15.8 Å². The summed E-state index contributed by atoms with van der Waals surface area (Å²) in [6.45, 7) is 3.82. The molecule has 0 radical (unpaired) electrons. The summed E-state index contributed by atoms with van der Waals surface area (Å²) in [4.78, 5) is 19.9. The number of benzene rings is 2. The standard InChI is InChI=1S/C27H29ClN6O4S2/c1-27(7-8-27)16-38-25-22(14-31-34(26(25)35)19-4-2-3-18(28)13-19)32-9-11-33(12-10-32)40(36,37)15-20-21(29)5-6-23-24(20)30-17-39-23/h2-6,13-14,17H,7-12,15-16,29H2,1H3. The molecule has 1 saturated carbocycles. The van der Waals surface area contributed by atoms with Crippen LogP contribution in [0.4, 0.5) is 11.4 Å². The van der Waals surface area contributed by atoms with E-state index >= 15 is 0 Å². The molecule has 0 bridgehead atoms. The summed E-state index contributed by atoms with van der Waals surface area (Å²) in [5, 5.41) is 4.91. The first-order valence-electron chi connectivity index (χ1n) is 13.0. The van der Waals surface area contributed by atoms with E-state index < -0.39 is 10.0 Å². The molecule has 210 valence electrons. The quantitative estimate of drug-likeness (QED) is 0.302. The van der Waals surface area contributed by atoms with Crippen molar-refractivity contribution in [3.8, 4) is 11.4 Å². The lowest BCUT2D eigenvalue weighted by molar-refractivity contribution is 0.242. The number of sulfonamides is 1. The van der Waals surface area contributed by atoms with Crippen LogP contribution in [0.15, 0.2) is 52.9 Å². The van der Waals surface area contributed by atoms with Gasteiger partial charge in [-0.2, -0.15) is 14.1 Å². The lowest BCUT2D eigenvalue weighted by Gasteiger charge is -2.36. The third kappa shape index (κ3) is 5.28. The summed E-state index contributed by atoms with van der Waals surface area (Å²) < 4.78 is 36.6. The van der Waals surface area contributed by atoms with E-state index in [-0.39, 0.29) is 35.6 Å². The van der Waals surface area contributed by atoms with E-state index in [0.717, 1.165) is 17.5 Å². The average Bonchev–Trinajstić information content (AvgIpc) is 3.47. The highest BCUT2D eigenvalue weighted by atomic mass is 35.5. The van der Waals surface area contributed by atoms with Crippen LogP contribution in [0.3, 0.4) is 0 Å². The zero-order valence-electron chi connectivity index (χ0n) is 21.9. The van der Waals surface area contributed by atoms with E-state index in [9.17, 15) is 13.2 Å². The van der Waals surface area contributed by atoms with Crippen LogP contribution in [0.25, 0.3) is 15.9 Å². The number of thiazole rings is 1. The van der Waals surface area contributed by atoms with Crippen molar-refractivity contribution in [3.05, 3.63) is 69.0 Å². The molecule has 10 nitrogen and oxygen atoms in total. The third-order valence-corrected chi connectivity index (χ3v) is 10.4. The number of anilines is 2. The zero-order chi connectivity index (χ0) is 28.1. The number of hydrogen-bond donors (Lipinski definition) is 1. The zero-order valence-corrected chi connectivity index (χ0v) is 24.3. The molecule has 0 spiro atoms. The van der Waals surface area contributed by atoms with Crippen LogP contribution in [0.2, 0.25) is 5.02 Å². The molecule has 1 aliphatic carbocycles. The molecular formula is C27H29ClN6O4S2. The number of nitrogens with zero attached hydrogens (tertiary/aromatic N) is 5. The van der Waals surface area contributed by atoms with Crippen LogP contribution in [0.1, 0.15) is 25.3 Å². The molecule has 0 unspecified atom stereocenters. The van der Waals surface area contributed by atoms with Gasteiger partial charge in [-0.25, -0.2) is 13.4 Å². The van der Waals surface area contributed by atoms with Gasteiger partial charge < -0.3 is 15.4 Å². The Kier molecular flexibility index (Phi) is 6.97. The minimum Gasteiger partial charge on any atom is -0.486 e. The van der Waals surface area contributed by atoms with Gasteiger partial charge in [-0.05, 0) is 43.2 Å². The number of nitrogen functional groups attached to an aromatic ring is 1. The fourth-order valence-electron chi connectivity index (χ4n) is 4.82. The maximum absolute atomic E-state index is 13.6. The number of halogens is 1. The largest absolute Gasteiger partial charge is 0.486 e. The fourth-order valence-corrected chi connectivity index (χ4v) is 7.28. The Morgan fingerprint density at radius 2 is 1.93 bits per heavy atom. The molecule has 1 saturated heterocycles. The summed E-state index contributed by atoms with van der Waals surface area (Å²) >= 11 is 7.60. The van der Waals surface area contributed by atoms with Crippen molar-refractivity contribution in [3.63, 3.8) is 0 Å². The number of ether oxygens (including phenoxy) is 1. The van der Waals surface area contributed by atoms with Crippen molar-refractivity contribution in [1.82, 2.24) is 19.1 Å². The number of rotatable bonds is 8. The van der Waals surface area contributed by atoms with Crippen molar-refractivity contribution in [1.29, 1.82) is 0 Å². The van der Waals surface area contributed by atoms with Gasteiger partial charge in [0.15, 0.2) is 0 Å². The van der Waals surface area contributed by atoms with Gasteiger partial charge >= 0.3 is 5.56 Å². The van der Waals surface area contributed by atoms with Crippen LogP contribution in [0, 0.1) is 5.41 Å². The molecule has 1 aliphatic heterocycles. The first-order valence-corrected chi connectivity index (χ1v) is 15.8. The number of piperazine rings is 1. The average molecular weight is 601 g/mol. The second-order valence-corrected chi connectivity index (χ2v) is 13.9. The molecule has 13 heteroatoms. The number of fused-ring (bicyclic) bond motifs is 1. The van der Waals surface area contributed by atoms with Crippen molar-refractivity contribution in [2.75, 3.05) is 43.4 Å². The lowest BCUT2D eigenvalue weighted by atomic mass is 10.2. The van der Waals surface area contributed by atoms with Crippen molar-refractivity contribution in [2.45, 2.75) is 25.5 Å². The molecule has 40 heavy (non-hydrogen) atoms. The van der Waals surface area contributed by atoms with E-state index in [1.165, 1.54) is 20.3 Å². The van der Waals surface area contributed by atoms with E-state index in [1.807, 2.05) is 11.0 Å². The van der Waals surface area contributed by atoms with Crippen LogP contribution >= 0.6 is 22.9 Å². The Labute approximate surface area is 241 Å². The van der Waals surface area contributed by atoms with Crippen LogP contribution in [-0.2, 0) is 15.8 Å². The van der Waals surface area contributed by atoms with E-state index in [2.05, 4.69) is 17.0 Å². The number of hydrogen-bond acceptors (Lipinski definition) is 9. The predicted octanol–water partition coefficient (Wildman–Crippen LogP) is 3.91. The highest BCUT2D eigenvalue weighted by molar-refractivity contribution is 7.88. The Balaban J connectivity index is 1.24. The van der Waals surface area contributed by atoms with E-state index in [4.69, 9.17) is 22.1 Å². The number of aromatic nitrogens is 3. The SMILES string of the molecule is CC1(COc2c(N3CCN(S(=O)(=O)Cc4c(N)ccc5scnc45)CC3)cnn(-c3cccc(Cl)c3)c2=O)CC1. The Bertz CT molecular complexity index is 1740. The molecule has 0 amide bonds. The van der Waals surface area contributed by atoms with Gasteiger partial charge in [-0.15, -0.1) is 11.3 Å². The predicted molar refractivity (Wildman–Crippen MR) is 158 cm³/mol. The maximum Gasteiger partial charge on any atom is 0.316 e. The van der Waals surface area contributed by atoms with Crippen LogP contribution in [-0.4, -0.2) is 60.3 Å². The number of nitrogens with two attached hydrogens (primary N) is 1. The smallest absolute Gasteiger partial charge is 0.316 e. The Morgan fingerprint density at radius 1 is 1.15 bits per heavy atom. The highest BCUT2D eigenvalue weighted by Crippen LogP contribution is 2.45. The monoisotopic (exact) mass is 600 g/mol. The third-order valence-electron chi connectivity index (χ3n) is 7.58. The molecule has 2 aromatic carbocycles. The molecule has 4 aromatic rings. The molecule has 2 aliphatic rings. The highest BCUT2D eigenvalue weighted by Gasteiger charge is 2.39. The molecule has 0 atom stereocenters. The molecule has 3 heterocycles. The Hall–Kier alpha value is -3.19. The summed E-state index contributed by atoms with van der Waals surface area (Å²) in [5.41, 5.74) is 10.2. The maximum atomic E-state index is 13.6. The van der Waals surface area contributed by atoms with Gasteiger partial charge in [0, 0.05) is 47.9 Å². The fraction of sp³-hybridized carbons (Fsp3) is 0.370. The van der Waals surface area contributed by atoms with Crippen molar-refractivity contribution < 1.29 is 13.2 Å². The molecule has 2 aromatic heterocycles. The second kappa shape index (κ2) is 10.3. The summed E-state index contributed by atoms with van der Waals surface area (Å²) in [5.74, 6) is -0.00762. The first-order chi connectivity index (χ1) is 19.1. The lowest BCUT2D eigenvalue weighted by Crippen LogP contribution is -2.49. The van der Waals surface area contributed by atoms with Crippen LogP contribution in [0.5, 0.6) is 5.75 Å². The van der Waals surface area contributed by atoms with Gasteiger partial charge in [0.05, 0.1) is 40.0 Å². The minimum absolute atomic E-state index is 0.0582. The normalized spacial score (nSPS) is 17.3. The van der Waals surface area contributed by atoms with Gasteiger partial charge in [-0.1, -0.05) is 24.6 Å². The van der Waals surface area contributed by atoms with Gasteiger partial charge in [0.1, 0.15) is 5.69 Å². The van der Waals surface area contributed by atoms with Crippen molar-refractivity contribution in [2.24, 2.45) is 5.41 Å². The minimum atomic E-state index is -3.65. The summed E-state index contributed by atoms with van der Waals surface area (Å²) in [7, 11) is -3.65. The van der Waals surface area contributed by atoms with E-state index in [1.54, 1.807) is 42.0 Å². The molecular weight excluding hydrogens is 572 g/mol. The van der Waals surface area contributed by atoms with E-state index in [0.29, 0.717) is 52.9 Å². The summed E-state index contributed by atoms with van der Waals surface area (Å²) in [6, 6.07) is 10.5. The molecule has 2 N–H and O–H groups in total. The molecule has 2 fully saturated rings. The second-order valence-electron chi connectivity index (χ2n) is 10.6. The van der Waals surface area contributed by atoms with Gasteiger partial charge in [0.25, 0.3) is 0 Å². The van der Waals surface area contributed by atoms with Crippen molar-refractivity contribution >= 4 is 54.6 Å². The first kappa shape index (κ1) is 27.0. The van der Waals surface area contributed by atoms with Crippen LogP contribution < -0.4 is 20.9 Å².